The first-order valence-electron chi connectivity index (χ1n) is 7.13. The van der Waals surface area contributed by atoms with Gasteiger partial charge in [0.1, 0.15) is 18.0 Å². The van der Waals surface area contributed by atoms with Crippen LogP contribution in [0.15, 0.2) is 41.8 Å². The largest absolute Gasteiger partial charge is 0.369 e. The zero-order valence-corrected chi connectivity index (χ0v) is 13.6. The zero-order valence-electron chi connectivity index (χ0n) is 12.8. The van der Waals surface area contributed by atoms with E-state index in [0.717, 1.165) is 5.82 Å². The van der Waals surface area contributed by atoms with Gasteiger partial charge in [0.2, 0.25) is 0 Å². The Morgan fingerprint density at radius 2 is 2.09 bits per heavy atom. The summed E-state index contributed by atoms with van der Waals surface area (Å²) < 4.78 is 23.5. The summed E-state index contributed by atoms with van der Waals surface area (Å²) in [5.41, 5.74) is 0.695. The number of aromatic nitrogens is 4. The van der Waals surface area contributed by atoms with Crippen molar-refractivity contribution in [1.82, 2.24) is 19.9 Å². The summed E-state index contributed by atoms with van der Waals surface area (Å²) in [6.45, 7) is 2.65. The molecule has 120 valence electrons. The van der Waals surface area contributed by atoms with Gasteiger partial charge in [0.25, 0.3) is 0 Å². The van der Waals surface area contributed by atoms with Crippen molar-refractivity contribution in [2.24, 2.45) is 0 Å². The van der Waals surface area contributed by atoms with Crippen molar-refractivity contribution in [2.75, 3.05) is 18.1 Å². The molecule has 3 rings (SSSR count). The summed E-state index contributed by atoms with van der Waals surface area (Å²) in [7, 11) is -3.28. The highest BCUT2D eigenvalue weighted by molar-refractivity contribution is 7.90. The van der Waals surface area contributed by atoms with Gasteiger partial charge in [-0.15, -0.1) is 0 Å². The number of nitrogens with one attached hydrogen (secondary N) is 2. The molecule has 1 aromatic carbocycles. The average molecular weight is 331 g/mol. The Morgan fingerprint density at radius 1 is 1.26 bits per heavy atom. The molecule has 0 saturated heterocycles. The third-order valence-electron chi connectivity index (χ3n) is 3.60. The van der Waals surface area contributed by atoms with E-state index >= 15 is 0 Å². The maximum atomic E-state index is 11.7. The maximum Gasteiger partial charge on any atom is 0.175 e. The Kier molecular flexibility index (Phi) is 3.99. The molecule has 2 aromatic heterocycles. The van der Waals surface area contributed by atoms with Gasteiger partial charge in [-0.1, -0.05) is 6.92 Å². The second kappa shape index (κ2) is 5.96. The van der Waals surface area contributed by atoms with E-state index in [1.807, 2.05) is 6.92 Å². The molecule has 2 N–H and O–H groups in total. The first-order chi connectivity index (χ1) is 10.9. The van der Waals surface area contributed by atoms with Crippen molar-refractivity contribution in [3.63, 3.8) is 0 Å². The normalized spacial score (nSPS) is 13.1. The molecule has 0 radical (unpaired) electrons. The minimum Gasteiger partial charge on any atom is -0.369 e. The summed E-state index contributed by atoms with van der Waals surface area (Å²) in [4.78, 5) is 16.0. The first kappa shape index (κ1) is 15.4. The molecule has 7 nitrogen and oxygen atoms in total. The number of imidazole rings is 1. The van der Waals surface area contributed by atoms with E-state index < -0.39 is 9.84 Å². The van der Waals surface area contributed by atoms with Crippen LogP contribution in [0.1, 0.15) is 18.7 Å². The van der Waals surface area contributed by atoms with Crippen molar-refractivity contribution < 1.29 is 8.42 Å². The molecule has 0 fully saturated rings. The fourth-order valence-corrected chi connectivity index (χ4v) is 2.95. The van der Waals surface area contributed by atoms with Gasteiger partial charge in [0.15, 0.2) is 9.84 Å². The number of benzene rings is 1. The Hall–Kier alpha value is -2.48. The first-order valence-corrected chi connectivity index (χ1v) is 9.02. The molecule has 1 atom stereocenters. The highest BCUT2D eigenvalue weighted by Crippen LogP contribution is 2.23. The third-order valence-corrected chi connectivity index (χ3v) is 4.71. The lowest BCUT2D eigenvalue weighted by Gasteiger charge is -2.12. The van der Waals surface area contributed by atoms with Gasteiger partial charge in [-0.3, -0.25) is 0 Å². The molecule has 0 bridgehead atoms. The highest BCUT2D eigenvalue weighted by atomic mass is 32.2. The van der Waals surface area contributed by atoms with Crippen molar-refractivity contribution >= 4 is 26.6 Å². The maximum absolute atomic E-state index is 11.7. The molecule has 8 heteroatoms. The van der Waals surface area contributed by atoms with Crippen LogP contribution in [0.5, 0.6) is 0 Å². The SMILES string of the molecule is CC(CNc1ncnc2ccc(S(C)(=O)=O)cc12)c1ncc[nH]1. The van der Waals surface area contributed by atoms with Gasteiger partial charge in [0.05, 0.1) is 10.4 Å². The summed E-state index contributed by atoms with van der Waals surface area (Å²) in [5.74, 6) is 1.65. The summed E-state index contributed by atoms with van der Waals surface area (Å²) in [6, 6.07) is 4.85. The van der Waals surface area contributed by atoms with E-state index in [1.54, 1.807) is 30.6 Å². The minimum atomic E-state index is -3.28. The average Bonchev–Trinajstić information content (AvgIpc) is 3.05. The van der Waals surface area contributed by atoms with Gasteiger partial charge in [0, 0.05) is 36.5 Å². The molecular weight excluding hydrogens is 314 g/mol. The second-order valence-electron chi connectivity index (χ2n) is 5.43. The van der Waals surface area contributed by atoms with Crippen LogP contribution >= 0.6 is 0 Å². The molecule has 3 aromatic rings. The Balaban J connectivity index is 1.91. The monoisotopic (exact) mass is 331 g/mol. The van der Waals surface area contributed by atoms with Crippen LogP contribution in [0.2, 0.25) is 0 Å². The van der Waals surface area contributed by atoms with E-state index in [4.69, 9.17) is 0 Å². The molecular formula is C15H17N5O2S. The second-order valence-corrected chi connectivity index (χ2v) is 7.45. The number of nitrogens with zero attached hydrogens (tertiary/aromatic N) is 3. The number of hydrogen-bond donors (Lipinski definition) is 2. The molecule has 2 heterocycles. The molecule has 0 aliphatic heterocycles. The molecule has 0 aliphatic rings. The highest BCUT2D eigenvalue weighted by Gasteiger charge is 2.12. The number of H-pyrrole nitrogens is 1. The van der Waals surface area contributed by atoms with Crippen molar-refractivity contribution in [2.45, 2.75) is 17.7 Å². The van der Waals surface area contributed by atoms with Crippen LogP contribution in [0.3, 0.4) is 0 Å². The molecule has 0 spiro atoms. The van der Waals surface area contributed by atoms with Crippen LogP contribution in [-0.4, -0.2) is 41.2 Å². The number of sulfone groups is 1. The number of rotatable bonds is 5. The number of anilines is 1. The standard InChI is InChI=1S/C15H17N5O2S/c1-10(14-16-5-6-17-14)8-18-15-12-7-11(23(2,21)22)3-4-13(12)19-9-20-15/h3-7,9-10H,8H2,1-2H3,(H,16,17)(H,18,19,20). The fourth-order valence-electron chi connectivity index (χ4n) is 2.30. The predicted octanol–water partition coefficient (Wildman–Crippen LogP) is 1.97. The summed E-state index contributed by atoms with van der Waals surface area (Å²) in [6.07, 6.45) is 6.14. The minimum absolute atomic E-state index is 0.160. The van der Waals surface area contributed by atoms with E-state index in [0.29, 0.717) is 23.3 Å². The quantitative estimate of drug-likeness (QED) is 0.741. The smallest absolute Gasteiger partial charge is 0.175 e. The van der Waals surface area contributed by atoms with Gasteiger partial charge in [-0.2, -0.15) is 0 Å². The van der Waals surface area contributed by atoms with Gasteiger partial charge in [-0.05, 0) is 18.2 Å². The van der Waals surface area contributed by atoms with Crippen LogP contribution in [-0.2, 0) is 9.84 Å². The molecule has 0 amide bonds. The van der Waals surface area contributed by atoms with Gasteiger partial charge in [-0.25, -0.2) is 23.4 Å². The number of aromatic amines is 1. The lowest BCUT2D eigenvalue weighted by Crippen LogP contribution is -2.12. The topological polar surface area (TPSA) is 101 Å². The number of fused-ring (bicyclic) bond motifs is 1. The van der Waals surface area contributed by atoms with E-state index in [1.165, 1.54) is 12.6 Å². The Morgan fingerprint density at radius 3 is 2.78 bits per heavy atom. The van der Waals surface area contributed by atoms with Crippen molar-refractivity contribution in [3.05, 3.63) is 42.7 Å². The molecule has 1 unspecified atom stereocenters. The summed E-state index contributed by atoms with van der Waals surface area (Å²) >= 11 is 0. The van der Waals surface area contributed by atoms with E-state index in [2.05, 4.69) is 25.3 Å². The van der Waals surface area contributed by atoms with Gasteiger partial charge >= 0.3 is 0 Å². The fraction of sp³-hybridized carbons (Fsp3) is 0.267. The summed E-state index contributed by atoms with van der Waals surface area (Å²) in [5, 5.41) is 3.93. The predicted molar refractivity (Wildman–Crippen MR) is 88.1 cm³/mol. The van der Waals surface area contributed by atoms with Crippen molar-refractivity contribution in [1.29, 1.82) is 0 Å². The van der Waals surface area contributed by atoms with Crippen molar-refractivity contribution in [3.8, 4) is 0 Å². The molecule has 0 aliphatic carbocycles. The lowest BCUT2D eigenvalue weighted by atomic mass is 10.1. The van der Waals surface area contributed by atoms with Gasteiger partial charge < -0.3 is 10.3 Å². The van der Waals surface area contributed by atoms with E-state index in [-0.39, 0.29) is 10.8 Å². The van der Waals surface area contributed by atoms with Crippen LogP contribution in [0, 0.1) is 0 Å². The van der Waals surface area contributed by atoms with Crippen LogP contribution in [0.4, 0.5) is 5.82 Å². The Bertz CT molecular complexity index is 922. The molecule has 0 saturated carbocycles. The Labute approximate surface area is 134 Å². The lowest BCUT2D eigenvalue weighted by molar-refractivity contribution is 0.602. The number of hydrogen-bond acceptors (Lipinski definition) is 6. The van der Waals surface area contributed by atoms with Crippen LogP contribution < -0.4 is 5.32 Å². The van der Waals surface area contributed by atoms with E-state index in [9.17, 15) is 8.42 Å². The zero-order chi connectivity index (χ0) is 16.4. The molecule has 23 heavy (non-hydrogen) atoms. The third kappa shape index (κ3) is 3.31. The van der Waals surface area contributed by atoms with Crippen LogP contribution in [0.25, 0.3) is 10.9 Å².